The van der Waals surface area contributed by atoms with E-state index in [1.54, 1.807) is 17.3 Å². The lowest BCUT2D eigenvalue weighted by Gasteiger charge is -2.33. The second-order valence-electron chi connectivity index (χ2n) is 6.12. The van der Waals surface area contributed by atoms with Crippen LogP contribution in [0.5, 0.6) is 0 Å². The van der Waals surface area contributed by atoms with E-state index in [0.29, 0.717) is 31.6 Å². The maximum atomic E-state index is 12.8. The quantitative estimate of drug-likeness (QED) is 0.826. The first kappa shape index (κ1) is 15.7. The Morgan fingerprint density at radius 1 is 1.30 bits per heavy atom. The molecule has 2 amide bonds. The molecule has 0 saturated carbocycles. The number of hydrogen-bond donors (Lipinski definition) is 1. The Kier molecular flexibility index (Phi) is 4.47. The second kappa shape index (κ2) is 6.54. The number of carbonyl (C=O) groups is 2. The van der Waals surface area contributed by atoms with Crippen LogP contribution in [-0.4, -0.2) is 59.6 Å². The molecule has 3 heterocycles. The average Bonchev–Trinajstić information content (AvgIpc) is 2.59. The molecule has 1 atom stereocenters. The number of amides is 2. The molecule has 124 valence electrons. The summed E-state index contributed by atoms with van der Waals surface area (Å²) >= 11 is 0. The number of nitrogens with zero attached hydrogens (tertiary/aromatic N) is 3. The van der Waals surface area contributed by atoms with Gasteiger partial charge in [0.15, 0.2) is 0 Å². The highest BCUT2D eigenvalue weighted by molar-refractivity contribution is 5.96. The zero-order valence-electron chi connectivity index (χ0n) is 13.3. The van der Waals surface area contributed by atoms with Gasteiger partial charge in [-0.1, -0.05) is 0 Å². The van der Waals surface area contributed by atoms with E-state index < -0.39 is 0 Å². The summed E-state index contributed by atoms with van der Waals surface area (Å²) in [6.45, 7) is 2.31. The lowest BCUT2D eigenvalue weighted by atomic mass is 9.96. The zero-order chi connectivity index (χ0) is 16.4. The van der Waals surface area contributed by atoms with Gasteiger partial charge in [-0.25, -0.2) is 4.79 Å². The van der Waals surface area contributed by atoms with Crippen LogP contribution in [0.1, 0.15) is 34.3 Å². The summed E-state index contributed by atoms with van der Waals surface area (Å²) in [5.74, 6) is -0.00369. The monoisotopic (exact) mass is 318 g/mol. The third-order valence-corrected chi connectivity index (χ3v) is 4.55. The summed E-state index contributed by atoms with van der Waals surface area (Å²) in [6, 6.07) is 0.0509. The lowest BCUT2D eigenvalue weighted by molar-refractivity contribution is 0.0706. The Bertz CT molecular complexity index is 619. The van der Waals surface area contributed by atoms with Gasteiger partial charge in [0.05, 0.1) is 19.2 Å². The van der Waals surface area contributed by atoms with Crippen molar-refractivity contribution >= 4 is 12.0 Å². The molecule has 2 aliphatic heterocycles. The maximum absolute atomic E-state index is 12.8. The minimum absolute atomic E-state index is 0.00369. The Balaban J connectivity index is 1.82. The summed E-state index contributed by atoms with van der Waals surface area (Å²) in [5.41, 5.74) is 8.52. The van der Waals surface area contributed by atoms with Gasteiger partial charge in [-0.3, -0.25) is 9.78 Å². The largest absolute Gasteiger partial charge is 0.453 e. The molecule has 7 nitrogen and oxygen atoms in total. The molecule has 23 heavy (non-hydrogen) atoms. The third kappa shape index (κ3) is 3.14. The van der Waals surface area contributed by atoms with Gasteiger partial charge in [-0.2, -0.15) is 0 Å². The Hall–Kier alpha value is -2.15. The van der Waals surface area contributed by atoms with E-state index in [1.807, 2.05) is 4.90 Å². The molecule has 1 aromatic rings. The summed E-state index contributed by atoms with van der Waals surface area (Å²) in [4.78, 5) is 32.1. The highest BCUT2D eigenvalue weighted by atomic mass is 16.5. The van der Waals surface area contributed by atoms with Crippen molar-refractivity contribution in [1.82, 2.24) is 14.8 Å². The number of pyridine rings is 1. The number of fused-ring (bicyclic) bond motifs is 1. The van der Waals surface area contributed by atoms with Crippen molar-refractivity contribution in [3.63, 3.8) is 0 Å². The third-order valence-electron chi connectivity index (χ3n) is 4.55. The molecule has 0 spiro atoms. The summed E-state index contributed by atoms with van der Waals surface area (Å²) in [7, 11) is 1.37. The van der Waals surface area contributed by atoms with Crippen LogP contribution < -0.4 is 5.73 Å². The van der Waals surface area contributed by atoms with E-state index in [2.05, 4.69) is 4.98 Å². The van der Waals surface area contributed by atoms with Crippen LogP contribution in [0.4, 0.5) is 4.79 Å². The van der Waals surface area contributed by atoms with Crippen molar-refractivity contribution in [1.29, 1.82) is 0 Å². The van der Waals surface area contributed by atoms with Gasteiger partial charge in [0, 0.05) is 38.1 Å². The van der Waals surface area contributed by atoms with Crippen LogP contribution in [0, 0.1) is 0 Å². The van der Waals surface area contributed by atoms with E-state index in [0.717, 1.165) is 30.5 Å². The van der Waals surface area contributed by atoms with Crippen LogP contribution in [-0.2, 0) is 17.7 Å². The van der Waals surface area contributed by atoms with Crippen LogP contribution in [0.25, 0.3) is 0 Å². The van der Waals surface area contributed by atoms with Crippen molar-refractivity contribution in [2.45, 2.75) is 31.8 Å². The Morgan fingerprint density at radius 3 is 2.87 bits per heavy atom. The van der Waals surface area contributed by atoms with Crippen LogP contribution in [0.2, 0.25) is 0 Å². The number of methoxy groups -OCH3 is 1. The van der Waals surface area contributed by atoms with E-state index in [9.17, 15) is 9.59 Å². The van der Waals surface area contributed by atoms with E-state index in [1.165, 1.54) is 7.11 Å². The van der Waals surface area contributed by atoms with Gasteiger partial charge < -0.3 is 20.3 Å². The van der Waals surface area contributed by atoms with Crippen LogP contribution in [0.3, 0.4) is 0 Å². The van der Waals surface area contributed by atoms with Gasteiger partial charge in [0.2, 0.25) is 0 Å². The molecular weight excluding hydrogens is 296 g/mol. The number of piperidine rings is 1. The predicted octanol–water partition coefficient (Wildman–Crippen LogP) is 0.769. The molecule has 2 aliphatic rings. The number of nitrogens with two attached hydrogens (primary N) is 1. The number of carbonyl (C=O) groups excluding carboxylic acids is 2. The first-order valence-corrected chi connectivity index (χ1v) is 7.93. The smallest absolute Gasteiger partial charge is 0.409 e. The van der Waals surface area contributed by atoms with Crippen molar-refractivity contribution in [2.75, 3.05) is 26.7 Å². The average molecular weight is 318 g/mol. The highest BCUT2D eigenvalue weighted by Gasteiger charge is 2.28. The molecule has 1 fully saturated rings. The molecule has 1 aromatic heterocycles. The molecule has 0 bridgehead atoms. The fourth-order valence-corrected chi connectivity index (χ4v) is 3.33. The fraction of sp³-hybridized carbons (Fsp3) is 0.562. The highest BCUT2D eigenvalue weighted by Crippen LogP contribution is 2.24. The fourth-order valence-electron chi connectivity index (χ4n) is 3.33. The molecule has 0 aromatic carbocycles. The van der Waals surface area contributed by atoms with Gasteiger partial charge in [0.25, 0.3) is 5.91 Å². The number of aromatic nitrogens is 1. The normalized spacial score (nSPS) is 20.9. The standard InChI is InChI=1S/C16H22N4O3/c1-23-16(22)20-6-4-13-11(9-20)7-18-8-14(13)15(21)19-5-2-3-12(17)10-19/h7-8,12H,2-6,9-10,17H2,1H3. The van der Waals surface area contributed by atoms with Crippen molar-refractivity contribution in [3.05, 3.63) is 29.1 Å². The maximum Gasteiger partial charge on any atom is 0.409 e. The molecular formula is C16H22N4O3. The predicted molar refractivity (Wildman–Crippen MR) is 83.9 cm³/mol. The molecule has 7 heteroatoms. The summed E-state index contributed by atoms with van der Waals surface area (Å²) in [5, 5.41) is 0. The van der Waals surface area contributed by atoms with Crippen LogP contribution >= 0.6 is 0 Å². The first-order chi connectivity index (χ1) is 11.1. The van der Waals surface area contributed by atoms with Crippen molar-refractivity contribution < 1.29 is 14.3 Å². The molecule has 0 radical (unpaired) electrons. The minimum Gasteiger partial charge on any atom is -0.453 e. The number of rotatable bonds is 1. The van der Waals surface area contributed by atoms with Gasteiger partial charge >= 0.3 is 6.09 Å². The van der Waals surface area contributed by atoms with Gasteiger partial charge in [-0.05, 0) is 30.4 Å². The Morgan fingerprint density at radius 2 is 2.13 bits per heavy atom. The molecule has 2 N–H and O–H groups in total. The van der Waals surface area contributed by atoms with Crippen molar-refractivity contribution in [2.24, 2.45) is 5.73 Å². The summed E-state index contributed by atoms with van der Waals surface area (Å²) < 4.78 is 4.77. The van der Waals surface area contributed by atoms with Gasteiger partial charge in [0.1, 0.15) is 0 Å². The van der Waals surface area contributed by atoms with Gasteiger partial charge in [-0.15, -0.1) is 0 Å². The molecule has 1 unspecified atom stereocenters. The van der Waals surface area contributed by atoms with E-state index in [4.69, 9.17) is 10.5 Å². The Labute approximate surface area is 135 Å². The molecule has 0 aliphatic carbocycles. The van der Waals surface area contributed by atoms with E-state index in [-0.39, 0.29) is 18.0 Å². The number of likely N-dealkylation sites (tertiary alicyclic amines) is 1. The number of hydrogen-bond acceptors (Lipinski definition) is 5. The number of ether oxygens (including phenoxy) is 1. The molecule has 1 saturated heterocycles. The van der Waals surface area contributed by atoms with Crippen LogP contribution in [0.15, 0.2) is 12.4 Å². The lowest BCUT2D eigenvalue weighted by Crippen LogP contribution is -2.46. The van der Waals surface area contributed by atoms with Crippen molar-refractivity contribution in [3.8, 4) is 0 Å². The topological polar surface area (TPSA) is 88.8 Å². The SMILES string of the molecule is COC(=O)N1CCc2c(cncc2C(=O)N2CCCC(N)C2)C1. The minimum atomic E-state index is -0.352. The second-order valence-corrected chi connectivity index (χ2v) is 6.12. The summed E-state index contributed by atoms with van der Waals surface area (Å²) in [6.07, 6.45) is 5.54. The zero-order valence-corrected chi connectivity index (χ0v) is 13.3. The van der Waals surface area contributed by atoms with E-state index >= 15 is 0 Å². The first-order valence-electron chi connectivity index (χ1n) is 7.93. The molecule has 3 rings (SSSR count).